The SMILES string of the molecule is CCOc1ccccc1CCC(=O)O[C@@H](C)C(=O)Nc1ccc(OC)c(Cl)c1. The van der Waals surface area contributed by atoms with Crippen molar-refractivity contribution in [2.45, 2.75) is 32.8 Å². The highest BCUT2D eigenvalue weighted by Crippen LogP contribution is 2.27. The molecule has 0 saturated heterocycles. The number of methoxy groups -OCH3 is 1. The number of benzene rings is 2. The highest BCUT2D eigenvalue weighted by Gasteiger charge is 2.18. The monoisotopic (exact) mass is 405 g/mol. The van der Waals surface area contributed by atoms with Crippen LogP contribution in [0.25, 0.3) is 0 Å². The number of para-hydroxylation sites is 1. The first kappa shape index (κ1) is 21.6. The topological polar surface area (TPSA) is 73.9 Å². The molecule has 28 heavy (non-hydrogen) atoms. The first-order valence-electron chi connectivity index (χ1n) is 8.99. The van der Waals surface area contributed by atoms with Crippen LogP contribution >= 0.6 is 11.6 Å². The number of hydrogen-bond donors (Lipinski definition) is 1. The van der Waals surface area contributed by atoms with Crippen molar-refractivity contribution in [3.63, 3.8) is 0 Å². The lowest BCUT2D eigenvalue weighted by Gasteiger charge is -2.15. The number of anilines is 1. The first-order chi connectivity index (χ1) is 13.4. The lowest BCUT2D eigenvalue weighted by atomic mass is 10.1. The number of aryl methyl sites for hydroxylation is 1. The molecule has 2 rings (SSSR count). The van der Waals surface area contributed by atoms with Gasteiger partial charge in [-0.25, -0.2) is 0 Å². The van der Waals surface area contributed by atoms with Crippen LogP contribution in [-0.2, 0) is 20.7 Å². The molecule has 2 aromatic carbocycles. The van der Waals surface area contributed by atoms with Crippen LogP contribution in [0.1, 0.15) is 25.8 Å². The smallest absolute Gasteiger partial charge is 0.306 e. The molecule has 0 unspecified atom stereocenters. The molecule has 0 aliphatic heterocycles. The predicted molar refractivity (Wildman–Crippen MR) is 108 cm³/mol. The molecule has 0 saturated carbocycles. The van der Waals surface area contributed by atoms with Gasteiger partial charge in [-0.15, -0.1) is 0 Å². The fourth-order valence-electron chi connectivity index (χ4n) is 2.54. The maximum atomic E-state index is 12.2. The third kappa shape index (κ3) is 6.16. The molecule has 0 fully saturated rings. The standard InChI is InChI=1S/C21H24ClNO5/c1-4-27-18-8-6-5-7-15(18)9-12-20(24)28-14(2)21(25)23-16-10-11-19(26-3)17(22)13-16/h5-8,10-11,13-14H,4,9,12H2,1-3H3,(H,23,25)/t14-/m0/s1. The average Bonchev–Trinajstić information content (AvgIpc) is 2.67. The summed E-state index contributed by atoms with van der Waals surface area (Å²) in [5, 5.41) is 3.04. The Morgan fingerprint density at radius 2 is 1.89 bits per heavy atom. The van der Waals surface area contributed by atoms with Crippen LogP contribution in [0.15, 0.2) is 42.5 Å². The van der Waals surface area contributed by atoms with E-state index in [1.165, 1.54) is 14.0 Å². The zero-order valence-electron chi connectivity index (χ0n) is 16.2. The molecule has 1 atom stereocenters. The second-order valence-electron chi connectivity index (χ2n) is 6.01. The number of hydrogen-bond acceptors (Lipinski definition) is 5. The maximum Gasteiger partial charge on any atom is 0.306 e. The summed E-state index contributed by atoms with van der Waals surface area (Å²) in [5.74, 6) is 0.359. The zero-order valence-corrected chi connectivity index (χ0v) is 16.9. The lowest BCUT2D eigenvalue weighted by molar-refractivity contribution is -0.153. The highest BCUT2D eigenvalue weighted by molar-refractivity contribution is 6.32. The molecule has 2 aromatic rings. The summed E-state index contributed by atoms with van der Waals surface area (Å²) in [5.41, 5.74) is 1.41. The van der Waals surface area contributed by atoms with Gasteiger partial charge >= 0.3 is 5.97 Å². The minimum absolute atomic E-state index is 0.149. The molecular weight excluding hydrogens is 382 g/mol. The van der Waals surface area contributed by atoms with Gasteiger partial charge in [0, 0.05) is 12.1 Å². The predicted octanol–water partition coefficient (Wildman–Crippen LogP) is 4.25. The second kappa shape index (κ2) is 10.6. The quantitative estimate of drug-likeness (QED) is 0.631. The van der Waals surface area contributed by atoms with Crippen LogP contribution in [0.3, 0.4) is 0 Å². The van der Waals surface area contributed by atoms with E-state index in [2.05, 4.69) is 5.32 Å². The molecule has 0 bridgehead atoms. The summed E-state index contributed by atoms with van der Waals surface area (Å²) in [6.07, 6.45) is -0.316. The van der Waals surface area contributed by atoms with Crippen molar-refractivity contribution in [3.8, 4) is 11.5 Å². The van der Waals surface area contributed by atoms with Crippen molar-refractivity contribution in [1.29, 1.82) is 0 Å². The molecule has 0 aliphatic carbocycles. The van der Waals surface area contributed by atoms with Crippen molar-refractivity contribution in [2.24, 2.45) is 0 Å². The number of carbonyl (C=O) groups is 2. The van der Waals surface area contributed by atoms with Crippen LogP contribution in [0.5, 0.6) is 11.5 Å². The number of carbonyl (C=O) groups excluding carboxylic acids is 2. The van der Waals surface area contributed by atoms with Crippen molar-refractivity contribution in [2.75, 3.05) is 19.0 Å². The molecule has 0 radical (unpaired) electrons. The molecule has 7 heteroatoms. The van der Waals surface area contributed by atoms with E-state index >= 15 is 0 Å². The van der Waals surface area contributed by atoms with Crippen LogP contribution in [0.2, 0.25) is 5.02 Å². The molecule has 1 N–H and O–H groups in total. The first-order valence-corrected chi connectivity index (χ1v) is 9.37. The van der Waals surface area contributed by atoms with E-state index in [1.807, 2.05) is 31.2 Å². The number of halogens is 1. The molecule has 6 nitrogen and oxygen atoms in total. The maximum absolute atomic E-state index is 12.2. The Labute approximate surface area is 169 Å². The Balaban J connectivity index is 1.86. The number of esters is 1. The number of nitrogens with one attached hydrogen (secondary N) is 1. The van der Waals surface area contributed by atoms with E-state index in [0.717, 1.165) is 11.3 Å². The van der Waals surface area contributed by atoms with E-state index in [4.69, 9.17) is 25.8 Å². The number of rotatable bonds is 9. The van der Waals surface area contributed by atoms with Gasteiger partial charge in [-0.1, -0.05) is 29.8 Å². The molecule has 150 valence electrons. The number of ether oxygens (including phenoxy) is 3. The Bertz CT molecular complexity index is 824. The fourth-order valence-corrected chi connectivity index (χ4v) is 2.80. The fraction of sp³-hybridized carbons (Fsp3) is 0.333. The van der Waals surface area contributed by atoms with Crippen LogP contribution in [-0.4, -0.2) is 31.7 Å². The summed E-state index contributed by atoms with van der Waals surface area (Å²) < 4.78 is 15.8. The van der Waals surface area contributed by atoms with Crippen LogP contribution in [0.4, 0.5) is 5.69 Å². The van der Waals surface area contributed by atoms with E-state index in [-0.39, 0.29) is 6.42 Å². The van der Waals surface area contributed by atoms with Crippen LogP contribution < -0.4 is 14.8 Å². The summed E-state index contributed by atoms with van der Waals surface area (Å²) in [6, 6.07) is 12.4. The minimum Gasteiger partial charge on any atom is -0.495 e. The molecule has 0 spiro atoms. The van der Waals surface area contributed by atoms with Crippen molar-refractivity contribution in [1.82, 2.24) is 0 Å². The normalized spacial score (nSPS) is 11.4. The Hall–Kier alpha value is -2.73. The molecule has 0 heterocycles. The lowest BCUT2D eigenvalue weighted by Crippen LogP contribution is -2.30. The van der Waals surface area contributed by atoms with Gasteiger partial charge in [-0.3, -0.25) is 9.59 Å². The highest BCUT2D eigenvalue weighted by atomic mass is 35.5. The second-order valence-corrected chi connectivity index (χ2v) is 6.42. The summed E-state index contributed by atoms with van der Waals surface area (Å²) >= 11 is 6.04. The van der Waals surface area contributed by atoms with Gasteiger partial charge in [-0.05, 0) is 50.1 Å². The van der Waals surface area contributed by atoms with Crippen molar-refractivity contribution >= 4 is 29.2 Å². The van der Waals surface area contributed by atoms with E-state index in [1.54, 1.807) is 18.2 Å². The van der Waals surface area contributed by atoms with Gasteiger partial charge < -0.3 is 19.5 Å². The van der Waals surface area contributed by atoms with Crippen molar-refractivity contribution in [3.05, 3.63) is 53.1 Å². The molecular formula is C21H24ClNO5. The molecule has 0 aromatic heterocycles. The van der Waals surface area contributed by atoms with E-state index in [0.29, 0.717) is 29.5 Å². The summed E-state index contributed by atoms with van der Waals surface area (Å²) in [4.78, 5) is 24.4. The van der Waals surface area contributed by atoms with Gasteiger partial charge in [0.2, 0.25) is 0 Å². The molecule has 0 aliphatic rings. The third-order valence-corrected chi connectivity index (χ3v) is 4.26. The van der Waals surface area contributed by atoms with Gasteiger partial charge in [-0.2, -0.15) is 0 Å². The van der Waals surface area contributed by atoms with E-state index < -0.39 is 18.0 Å². The number of amides is 1. The summed E-state index contributed by atoms with van der Waals surface area (Å²) in [6.45, 7) is 3.97. The Morgan fingerprint density at radius 1 is 1.14 bits per heavy atom. The largest absolute Gasteiger partial charge is 0.495 e. The van der Waals surface area contributed by atoms with Gasteiger partial charge in [0.25, 0.3) is 5.91 Å². The summed E-state index contributed by atoms with van der Waals surface area (Å²) in [7, 11) is 1.51. The Kier molecular flexibility index (Phi) is 8.14. The Morgan fingerprint density at radius 3 is 2.57 bits per heavy atom. The van der Waals surface area contributed by atoms with E-state index in [9.17, 15) is 9.59 Å². The average molecular weight is 406 g/mol. The van der Waals surface area contributed by atoms with Crippen molar-refractivity contribution < 1.29 is 23.8 Å². The third-order valence-electron chi connectivity index (χ3n) is 3.97. The molecule has 1 amide bonds. The van der Waals surface area contributed by atoms with Crippen LogP contribution in [0, 0.1) is 0 Å². The van der Waals surface area contributed by atoms with Gasteiger partial charge in [0.05, 0.1) is 18.7 Å². The van der Waals surface area contributed by atoms with Gasteiger partial charge in [0.15, 0.2) is 6.10 Å². The zero-order chi connectivity index (χ0) is 20.5. The minimum atomic E-state index is -0.935. The van der Waals surface area contributed by atoms with Gasteiger partial charge in [0.1, 0.15) is 11.5 Å².